The Morgan fingerprint density at radius 1 is 1.58 bits per heavy atom. The van der Waals surface area contributed by atoms with E-state index in [1.807, 2.05) is 13.8 Å². The fourth-order valence-electron chi connectivity index (χ4n) is 2.56. The second kappa shape index (κ2) is 5.61. The Morgan fingerprint density at radius 3 is 2.89 bits per heavy atom. The summed E-state index contributed by atoms with van der Waals surface area (Å²) in [7, 11) is 0. The van der Waals surface area contributed by atoms with Crippen molar-refractivity contribution < 1.29 is 9.90 Å². The lowest BCUT2D eigenvalue weighted by Crippen LogP contribution is -2.45. The highest BCUT2D eigenvalue weighted by Gasteiger charge is 2.30. The Morgan fingerprint density at radius 2 is 2.32 bits per heavy atom. The number of nitrogens with two attached hydrogens (primary N) is 1. The van der Waals surface area contributed by atoms with Gasteiger partial charge in [0.15, 0.2) is 5.69 Å². The zero-order valence-corrected chi connectivity index (χ0v) is 11.5. The molecule has 2 rings (SSSR count). The second-order valence-corrected chi connectivity index (χ2v) is 5.38. The average Bonchev–Trinajstić information content (AvgIpc) is 2.80. The summed E-state index contributed by atoms with van der Waals surface area (Å²) in [5.74, 6) is 0.0171. The number of aliphatic hydroxyl groups is 1. The SMILES string of the molecule is CC(C)c1[nH]nc(C(=O)N2CCCCC2CO)c1N. The molecule has 1 aromatic rings. The Hall–Kier alpha value is -1.56. The van der Waals surface area contributed by atoms with Crippen LogP contribution < -0.4 is 5.73 Å². The van der Waals surface area contributed by atoms with Gasteiger partial charge >= 0.3 is 0 Å². The van der Waals surface area contributed by atoms with Gasteiger partial charge in [0.05, 0.1) is 24.0 Å². The number of hydrogen-bond acceptors (Lipinski definition) is 4. The maximum Gasteiger partial charge on any atom is 0.276 e. The number of likely N-dealkylation sites (tertiary alicyclic amines) is 1. The lowest BCUT2D eigenvalue weighted by atomic mass is 10.0. The molecule has 0 aromatic carbocycles. The Balaban J connectivity index is 2.23. The Labute approximate surface area is 113 Å². The van der Waals surface area contributed by atoms with Crippen molar-refractivity contribution in [3.63, 3.8) is 0 Å². The average molecular weight is 266 g/mol. The molecule has 4 N–H and O–H groups in total. The number of anilines is 1. The van der Waals surface area contributed by atoms with E-state index >= 15 is 0 Å². The Kier molecular flexibility index (Phi) is 4.09. The summed E-state index contributed by atoms with van der Waals surface area (Å²) in [6.07, 6.45) is 2.84. The normalized spacial score (nSPS) is 20.0. The summed E-state index contributed by atoms with van der Waals surface area (Å²) in [5.41, 5.74) is 7.50. The van der Waals surface area contributed by atoms with Gasteiger partial charge in [-0.1, -0.05) is 13.8 Å². The number of rotatable bonds is 3. The first-order valence-corrected chi connectivity index (χ1v) is 6.81. The molecule has 0 radical (unpaired) electrons. The van der Waals surface area contributed by atoms with Gasteiger partial charge in [-0.2, -0.15) is 5.10 Å². The first kappa shape index (κ1) is 13.9. The van der Waals surface area contributed by atoms with Gasteiger partial charge < -0.3 is 15.7 Å². The van der Waals surface area contributed by atoms with Crippen molar-refractivity contribution in [2.75, 3.05) is 18.9 Å². The lowest BCUT2D eigenvalue weighted by Gasteiger charge is -2.34. The van der Waals surface area contributed by atoms with Gasteiger partial charge in [0.1, 0.15) is 0 Å². The minimum absolute atomic E-state index is 0.00684. The third-order valence-corrected chi connectivity index (χ3v) is 3.71. The van der Waals surface area contributed by atoms with Gasteiger partial charge in [0, 0.05) is 6.54 Å². The number of H-pyrrole nitrogens is 1. The molecule has 106 valence electrons. The van der Waals surface area contributed by atoms with E-state index in [9.17, 15) is 9.90 Å². The molecule has 0 aliphatic carbocycles. The largest absolute Gasteiger partial charge is 0.395 e. The minimum Gasteiger partial charge on any atom is -0.395 e. The standard InChI is InChI=1S/C13H22N4O2/c1-8(2)11-10(14)12(16-15-11)13(19)17-6-4-3-5-9(17)7-18/h8-9,18H,3-7,14H2,1-2H3,(H,15,16). The van der Waals surface area contributed by atoms with Gasteiger partial charge in [-0.25, -0.2) is 0 Å². The van der Waals surface area contributed by atoms with Gasteiger partial charge in [0.2, 0.25) is 0 Å². The fourth-order valence-corrected chi connectivity index (χ4v) is 2.56. The predicted molar refractivity (Wildman–Crippen MR) is 72.9 cm³/mol. The number of nitrogens with zero attached hydrogens (tertiary/aromatic N) is 2. The number of nitrogens with one attached hydrogen (secondary N) is 1. The highest BCUT2D eigenvalue weighted by Crippen LogP contribution is 2.25. The molecule has 6 nitrogen and oxygen atoms in total. The summed E-state index contributed by atoms with van der Waals surface area (Å²) in [6, 6.07) is -0.111. The molecule has 1 aromatic heterocycles. The summed E-state index contributed by atoms with van der Waals surface area (Å²) in [4.78, 5) is 14.2. The van der Waals surface area contributed by atoms with Crippen LogP contribution in [0.25, 0.3) is 0 Å². The van der Waals surface area contributed by atoms with Crippen molar-refractivity contribution >= 4 is 11.6 Å². The lowest BCUT2D eigenvalue weighted by molar-refractivity contribution is 0.0498. The third kappa shape index (κ3) is 2.58. The van der Waals surface area contributed by atoms with Crippen molar-refractivity contribution in [1.29, 1.82) is 0 Å². The van der Waals surface area contributed by atoms with Crippen LogP contribution in [0.4, 0.5) is 5.69 Å². The van der Waals surface area contributed by atoms with Crippen molar-refractivity contribution in [1.82, 2.24) is 15.1 Å². The van der Waals surface area contributed by atoms with E-state index in [1.54, 1.807) is 4.90 Å². The molecule has 1 aliphatic rings. The number of hydrogen-bond donors (Lipinski definition) is 3. The quantitative estimate of drug-likeness (QED) is 0.763. The number of piperidine rings is 1. The van der Waals surface area contributed by atoms with E-state index in [0.29, 0.717) is 12.2 Å². The molecule has 1 amide bonds. The first-order valence-electron chi connectivity index (χ1n) is 6.81. The van der Waals surface area contributed by atoms with E-state index in [0.717, 1.165) is 25.0 Å². The summed E-state index contributed by atoms with van der Waals surface area (Å²) in [6.45, 7) is 4.64. The molecule has 1 saturated heterocycles. The highest BCUT2D eigenvalue weighted by molar-refractivity contribution is 5.98. The Bertz CT molecular complexity index is 455. The van der Waals surface area contributed by atoms with Crippen LogP contribution >= 0.6 is 0 Å². The van der Waals surface area contributed by atoms with Crippen LogP contribution in [0.15, 0.2) is 0 Å². The highest BCUT2D eigenvalue weighted by atomic mass is 16.3. The zero-order chi connectivity index (χ0) is 14.0. The smallest absolute Gasteiger partial charge is 0.276 e. The van der Waals surface area contributed by atoms with Crippen molar-refractivity contribution in [3.05, 3.63) is 11.4 Å². The van der Waals surface area contributed by atoms with Crippen LogP contribution in [-0.2, 0) is 0 Å². The molecular weight excluding hydrogens is 244 g/mol. The number of amides is 1. The molecule has 0 saturated carbocycles. The number of aliphatic hydroxyl groups excluding tert-OH is 1. The number of nitrogen functional groups attached to an aromatic ring is 1. The molecule has 2 heterocycles. The minimum atomic E-state index is -0.181. The summed E-state index contributed by atoms with van der Waals surface area (Å²) < 4.78 is 0. The third-order valence-electron chi connectivity index (χ3n) is 3.71. The zero-order valence-electron chi connectivity index (χ0n) is 11.5. The van der Waals surface area contributed by atoms with Crippen molar-refractivity contribution in [2.45, 2.75) is 45.1 Å². The molecule has 19 heavy (non-hydrogen) atoms. The molecule has 1 fully saturated rings. The maximum atomic E-state index is 12.5. The second-order valence-electron chi connectivity index (χ2n) is 5.38. The van der Waals surface area contributed by atoms with E-state index in [1.165, 1.54) is 0 Å². The van der Waals surface area contributed by atoms with E-state index in [-0.39, 0.29) is 30.2 Å². The topological polar surface area (TPSA) is 95.2 Å². The number of carbonyl (C=O) groups is 1. The number of aromatic amines is 1. The monoisotopic (exact) mass is 266 g/mol. The van der Waals surface area contributed by atoms with Crippen molar-refractivity contribution in [3.8, 4) is 0 Å². The molecule has 0 spiro atoms. The molecule has 0 bridgehead atoms. The maximum absolute atomic E-state index is 12.5. The van der Waals surface area contributed by atoms with Gasteiger partial charge in [0.25, 0.3) is 5.91 Å². The van der Waals surface area contributed by atoms with Crippen molar-refractivity contribution in [2.24, 2.45) is 0 Å². The van der Waals surface area contributed by atoms with Gasteiger partial charge in [-0.05, 0) is 25.2 Å². The first-order chi connectivity index (χ1) is 9.06. The summed E-state index contributed by atoms with van der Waals surface area (Å²) in [5, 5.41) is 16.3. The van der Waals surface area contributed by atoms with Crippen LogP contribution in [0.5, 0.6) is 0 Å². The summed E-state index contributed by atoms with van der Waals surface area (Å²) >= 11 is 0. The van der Waals surface area contributed by atoms with Crippen LogP contribution in [0.3, 0.4) is 0 Å². The molecular formula is C13H22N4O2. The molecule has 1 unspecified atom stereocenters. The molecule has 1 aliphatic heterocycles. The molecule has 1 atom stereocenters. The van der Waals surface area contributed by atoms with Crippen LogP contribution in [0, 0.1) is 0 Å². The van der Waals surface area contributed by atoms with Crippen LogP contribution in [0.1, 0.15) is 55.2 Å². The van der Waals surface area contributed by atoms with E-state index in [4.69, 9.17) is 5.73 Å². The van der Waals surface area contributed by atoms with Crippen LogP contribution in [-0.4, -0.2) is 45.3 Å². The van der Waals surface area contributed by atoms with E-state index in [2.05, 4.69) is 10.2 Å². The van der Waals surface area contributed by atoms with Crippen LogP contribution in [0.2, 0.25) is 0 Å². The van der Waals surface area contributed by atoms with E-state index < -0.39 is 0 Å². The van der Waals surface area contributed by atoms with Gasteiger partial charge in [-0.15, -0.1) is 0 Å². The number of aromatic nitrogens is 2. The fraction of sp³-hybridized carbons (Fsp3) is 0.692. The van der Waals surface area contributed by atoms with Gasteiger partial charge in [-0.3, -0.25) is 9.89 Å². The predicted octanol–water partition coefficient (Wildman–Crippen LogP) is 1.10. The molecule has 6 heteroatoms. The number of carbonyl (C=O) groups excluding carboxylic acids is 1.